The number of hydrogen-bond donors (Lipinski definition) is 1. The highest BCUT2D eigenvalue weighted by Crippen LogP contribution is 2.33. The number of aromatic nitrogens is 2. The number of thiazole rings is 1. The first-order chi connectivity index (χ1) is 9.65. The van der Waals surface area contributed by atoms with Gasteiger partial charge in [-0.25, -0.2) is 4.98 Å². The maximum atomic E-state index is 5.87. The number of nitrogens with zero attached hydrogens (tertiary/aromatic N) is 2. The highest BCUT2D eigenvalue weighted by atomic mass is 127. The highest BCUT2D eigenvalue weighted by molar-refractivity contribution is 14.1. The minimum absolute atomic E-state index is 0.798. The third-order valence-corrected chi connectivity index (χ3v) is 4.88. The third kappa shape index (κ3) is 2.55. The fraction of sp³-hybridized carbons (Fsp3) is 0.0667. The molecule has 0 aliphatic heterocycles. The van der Waals surface area contributed by atoms with Gasteiger partial charge < -0.3 is 5.73 Å². The zero-order chi connectivity index (χ0) is 14.1. The number of nitrogen functional groups attached to an aromatic ring is 1. The van der Waals surface area contributed by atoms with Crippen LogP contribution in [-0.2, 0) is 0 Å². The number of halogens is 1. The van der Waals surface area contributed by atoms with Crippen LogP contribution in [0.1, 0.15) is 4.88 Å². The van der Waals surface area contributed by atoms with E-state index in [1.165, 1.54) is 4.88 Å². The van der Waals surface area contributed by atoms with Gasteiger partial charge in [0.25, 0.3) is 0 Å². The summed E-state index contributed by atoms with van der Waals surface area (Å²) in [6.45, 7) is 2.09. The van der Waals surface area contributed by atoms with E-state index < -0.39 is 0 Å². The second kappa shape index (κ2) is 5.49. The predicted octanol–water partition coefficient (Wildman–Crippen LogP) is 4.37. The first kappa shape index (κ1) is 13.5. The fourth-order valence-electron chi connectivity index (χ4n) is 1.94. The molecular weight excluding hydrogens is 381 g/mol. The molecular formula is C15H12IN3S. The Bertz CT molecular complexity index is 753. The molecule has 0 amide bonds. The lowest BCUT2D eigenvalue weighted by Crippen LogP contribution is -1.90. The van der Waals surface area contributed by atoms with Gasteiger partial charge in [0.15, 0.2) is 0 Å². The van der Waals surface area contributed by atoms with Crippen LogP contribution in [0.4, 0.5) is 5.69 Å². The summed E-state index contributed by atoms with van der Waals surface area (Å²) in [5.41, 5.74) is 9.68. The number of pyridine rings is 1. The largest absolute Gasteiger partial charge is 0.398 e. The average Bonchev–Trinajstić information content (AvgIpc) is 2.85. The summed E-state index contributed by atoms with van der Waals surface area (Å²) in [6, 6.07) is 11.9. The highest BCUT2D eigenvalue weighted by Gasteiger charge is 2.12. The van der Waals surface area contributed by atoms with Crippen molar-refractivity contribution in [2.24, 2.45) is 0 Å². The van der Waals surface area contributed by atoms with Gasteiger partial charge in [-0.05, 0) is 53.8 Å². The van der Waals surface area contributed by atoms with Gasteiger partial charge in [-0.2, -0.15) is 0 Å². The van der Waals surface area contributed by atoms with Gasteiger partial charge in [0.05, 0.1) is 11.4 Å². The zero-order valence-electron chi connectivity index (χ0n) is 10.8. The molecule has 0 spiro atoms. The van der Waals surface area contributed by atoms with E-state index in [0.717, 1.165) is 31.2 Å². The summed E-state index contributed by atoms with van der Waals surface area (Å²) >= 11 is 3.91. The number of anilines is 1. The smallest absolute Gasteiger partial charge is 0.142 e. The van der Waals surface area contributed by atoms with Crippen LogP contribution in [0, 0.1) is 10.5 Å². The molecule has 0 fully saturated rings. The minimum atomic E-state index is 0.798. The van der Waals surface area contributed by atoms with Gasteiger partial charge in [-0.3, -0.25) is 4.98 Å². The summed E-state index contributed by atoms with van der Waals surface area (Å²) in [4.78, 5) is 10.3. The van der Waals surface area contributed by atoms with Crippen molar-refractivity contribution in [2.45, 2.75) is 6.92 Å². The molecule has 100 valence electrons. The van der Waals surface area contributed by atoms with Crippen molar-refractivity contribution >= 4 is 39.6 Å². The van der Waals surface area contributed by atoms with E-state index in [1.54, 1.807) is 17.5 Å². The first-order valence-electron chi connectivity index (χ1n) is 6.09. The predicted molar refractivity (Wildman–Crippen MR) is 92.6 cm³/mol. The monoisotopic (exact) mass is 393 g/mol. The lowest BCUT2D eigenvalue weighted by molar-refractivity contribution is 1.29. The summed E-state index contributed by atoms with van der Waals surface area (Å²) in [5, 5.41) is 0.949. The van der Waals surface area contributed by atoms with Crippen LogP contribution in [0.25, 0.3) is 22.0 Å². The van der Waals surface area contributed by atoms with Crippen molar-refractivity contribution in [1.82, 2.24) is 9.97 Å². The van der Waals surface area contributed by atoms with Crippen molar-refractivity contribution in [1.29, 1.82) is 0 Å². The van der Waals surface area contributed by atoms with Crippen LogP contribution in [0.15, 0.2) is 42.6 Å². The number of aryl methyl sites for hydroxylation is 1. The summed E-state index contributed by atoms with van der Waals surface area (Å²) in [6.07, 6.45) is 1.79. The molecule has 2 aromatic heterocycles. The van der Waals surface area contributed by atoms with Crippen molar-refractivity contribution in [2.75, 3.05) is 5.73 Å². The van der Waals surface area contributed by atoms with E-state index in [2.05, 4.69) is 40.6 Å². The topological polar surface area (TPSA) is 51.8 Å². The molecule has 0 atom stereocenters. The first-order valence-corrected chi connectivity index (χ1v) is 7.99. The summed E-state index contributed by atoms with van der Waals surface area (Å²) in [7, 11) is 0. The Morgan fingerprint density at radius 1 is 1.20 bits per heavy atom. The molecule has 1 aromatic carbocycles. The van der Waals surface area contributed by atoms with E-state index >= 15 is 0 Å². The zero-order valence-corrected chi connectivity index (χ0v) is 13.8. The van der Waals surface area contributed by atoms with Crippen molar-refractivity contribution in [3.63, 3.8) is 0 Å². The Balaban J connectivity index is 2.07. The molecule has 3 rings (SSSR count). The maximum Gasteiger partial charge on any atom is 0.142 e. The molecule has 0 radical (unpaired) electrons. The normalized spacial score (nSPS) is 10.7. The second-order valence-electron chi connectivity index (χ2n) is 4.38. The van der Waals surface area contributed by atoms with Crippen LogP contribution in [-0.4, -0.2) is 9.97 Å². The molecule has 0 saturated carbocycles. The Morgan fingerprint density at radius 3 is 2.75 bits per heavy atom. The van der Waals surface area contributed by atoms with Gasteiger partial charge in [0.2, 0.25) is 0 Å². The molecule has 0 bridgehead atoms. The lowest BCUT2D eigenvalue weighted by atomic mass is 10.1. The Kier molecular flexibility index (Phi) is 3.71. The van der Waals surface area contributed by atoms with Crippen molar-refractivity contribution in [3.8, 4) is 22.0 Å². The number of benzene rings is 1. The standard InChI is InChI=1S/C15H12IN3S/c1-9-14(10-5-6-12(17)11(16)8-10)19-15(20-9)13-4-2-3-7-18-13/h2-8H,17H2,1H3. The molecule has 3 aromatic rings. The van der Waals surface area contributed by atoms with E-state index in [1.807, 2.05) is 30.3 Å². The van der Waals surface area contributed by atoms with E-state index in [4.69, 9.17) is 10.7 Å². The lowest BCUT2D eigenvalue weighted by Gasteiger charge is -2.02. The van der Waals surface area contributed by atoms with Crippen LogP contribution < -0.4 is 5.73 Å². The van der Waals surface area contributed by atoms with Crippen LogP contribution in [0.2, 0.25) is 0 Å². The molecule has 2 N–H and O–H groups in total. The van der Waals surface area contributed by atoms with Crippen LogP contribution in [0.5, 0.6) is 0 Å². The average molecular weight is 393 g/mol. The third-order valence-electron chi connectivity index (χ3n) is 2.95. The maximum absolute atomic E-state index is 5.87. The second-order valence-corrected chi connectivity index (χ2v) is 6.74. The SMILES string of the molecule is Cc1sc(-c2ccccn2)nc1-c1ccc(N)c(I)c1. The molecule has 2 heterocycles. The van der Waals surface area contributed by atoms with E-state index in [0.29, 0.717) is 0 Å². The van der Waals surface area contributed by atoms with E-state index in [9.17, 15) is 0 Å². The molecule has 5 heteroatoms. The van der Waals surface area contributed by atoms with Gasteiger partial charge in [0.1, 0.15) is 5.01 Å². The van der Waals surface area contributed by atoms with Crippen molar-refractivity contribution in [3.05, 3.63) is 51.0 Å². The van der Waals surface area contributed by atoms with Crippen LogP contribution >= 0.6 is 33.9 Å². The number of nitrogens with two attached hydrogens (primary N) is 1. The number of hydrogen-bond acceptors (Lipinski definition) is 4. The molecule has 0 saturated heterocycles. The Morgan fingerprint density at radius 2 is 2.05 bits per heavy atom. The van der Waals surface area contributed by atoms with Gasteiger partial charge in [-0.1, -0.05) is 12.1 Å². The van der Waals surface area contributed by atoms with Crippen LogP contribution in [0.3, 0.4) is 0 Å². The molecule has 3 nitrogen and oxygen atoms in total. The fourth-order valence-corrected chi connectivity index (χ4v) is 3.37. The molecule has 0 unspecified atom stereocenters. The van der Waals surface area contributed by atoms with Gasteiger partial charge >= 0.3 is 0 Å². The number of rotatable bonds is 2. The summed E-state index contributed by atoms with van der Waals surface area (Å²) < 4.78 is 1.05. The molecule has 0 aliphatic rings. The molecule has 20 heavy (non-hydrogen) atoms. The molecule has 0 aliphatic carbocycles. The van der Waals surface area contributed by atoms with E-state index in [-0.39, 0.29) is 0 Å². The van der Waals surface area contributed by atoms with Gasteiger partial charge in [-0.15, -0.1) is 11.3 Å². The van der Waals surface area contributed by atoms with Crippen molar-refractivity contribution < 1.29 is 0 Å². The Hall–Kier alpha value is -1.47. The Labute approximate surface area is 135 Å². The van der Waals surface area contributed by atoms with Gasteiger partial charge in [0, 0.05) is 25.9 Å². The quantitative estimate of drug-likeness (QED) is 0.520. The minimum Gasteiger partial charge on any atom is -0.398 e. The summed E-state index contributed by atoms with van der Waals surface area (Å²) in [5.74, 6) is 0.